The molecular weight excluding hydrogens is 632 g/mol. The zero-order valence-corrected chi connectivity index (χ0v) is 24.5. The van der Waals surface area contributed by atoms with Crippen molar-refractivity contribution >= 4 is 87.0 Å². The largest absolute Gasteiger partial charge is 0.325 e. The first-order valence-corrected chi connectivity index (χ1v) is 15.0. The molecule has 3 atom stereocenters. The molecule has 3 aromatic carbocycles. The van der Waals surface area contributed by atoms with Crippen molar-refractivity contribution in [2.45, 2.75) is 22.7 Å². The molecule has 2 aliphatic heterocycles. The number of amides is 3. The number of nitrogens with zero attached hydrogens (tertiary/aromatic N) is 2. The maximum absolute atomic E-state index is 13.9. The van der Waals surface area contributed by atoms with Gasteiger partial charge < -0.3 is 5.32 Å². The Morgan fingerprint density at radius 1 is 0.927 bits per heavy atom. The van der Waals surface area contributed by atoms with E-state index in [1.807, 2.05) is 0 Å². The summed E-state index contributed by atoms with van der Waals surface area (Å²) in [5.74, 6) is -3.52. The van der Waals surface area contributed by atoms with E-state index in [1.165, 1.54) is 28.8 Å². The lowest BCUT2D eigenvalue weighted by Gasteiger charge is -2.31. The van der Waals surface area contributed by atoms with E-state index < -0.39 is 45.5 Å². The number of hydrogen-bond donors (Lipinski definition) is 1. The summed E-state index contributed by atoms with van der Waals surface area (Å²) in [6.07, 6.45) is 0. The van der Waals surface area contributed by atoms with Gasteiger partial charge in [-0.05, 0) is 60.2 Å². The van der Waals surface area contributed by atoms with Crippen molar-refractivity contribution in [3.05, 3.63) is 108 Å². The highest BCUT2D eigenvalue weighted by atomic mass is 35.5. The molecule has 7 nitrogen and oxygen atoms in total. The molecule has 1 aromatic heterocycles. The number of imide groups is 1. The summed E-state index contributed by atoms with van der Waals surface area (Å²) >= 11 is 21.0. The number of thioether (sulfide) groups is 1. The highest BCUT2D eigenvalue weighted by Crippen LogP contribution is 2.55. The number of benzene rings is 3. The van der Waals surface area contributed by atoms with Crippen molar-refractivity contribution < 1.29 is 18.8 Å². The molecule has 6 rings (SSSR count). The fourth-order valence-electron chi connectivity index (χ4n) is 5.07. The molecule has 0 aliphatic carbocycles. The van der Waals surface area contributed by atoms with Crippen LogP contribution in [0.4, 0.5) is 15.8 Å². The first-order chi connectivity index (χ1) is 19.6. The van der Waals surface area contributed by atoms with Crippen molar-refractivity contribution in [2.24, 2.45) is 5.92 Å². The van der Waals surface area contributed by atoms with E-state index in [0.717, 1.165) is 28.0 Å². The number of carbonyl (C=O) groups is 3. The third-order valence-electron chi connectivity index (χ3n) is 6.88. The van der Waals surface area contributed by atoms with Crippen LogP contribution in [0.1, 0.15) is 16.4 Å². The molecule has 3 heterocycles. The van der Waals surface area contributed by atoms with Crippen LogP contribution in [0.25, 0.3) is 0 Å². The Labute approximate surface area is 255 Å². The Hall–Kier alpha value is -3.15. The standard InChI is InChI=1S/C28H17Cl3FN3O4S2/c29-13-4-10-16(11-5-13)35-25(37)21-20(17-2-1-3-18(30)22(17)31)24-27(40-23(21)26(35)38)34(28(39)41-24)12-19(36)33-15-8-6-14(32)7-9-15/h1-11,20-21,23H,12H2,(H,33,36)/t20-,21-,23+/m0/s1. The molecule has 41 heavy (non-hydrogen) atoms. The Bertz CT molecular complexity index is 1780. The van der Waals surface area contributed by atoms with E-state index in [0.29, 0.717) is 31.9 Å². The van der Waals surface area contributed by atoms with Crippen LogP contribution in [0.2, 0.25) is 15.1 Å². The van der Waals surface area contributed by atoms with Crippen LogP contribution >= 0.6 is 57.9 Å². The topological polar surface area (TPSA) is 88.5 Å². The second-order valence-corrected chi connectivity index (χ2v) is 12.7. The van der Waals surface area contributed by atoms with Gasteiger partial charge in [0.1, 0.15) is 17.6 Å². The van der Waals surface area contributed by atoms with Crippen molar-refractivity contribution in [2.75, 3.05) is 10.2 Å². The number of rotatable bonds is 5. The van der Waals surface area contributed by atoms with Gasteiger partial charge in [-0.15, -0.1) is 0 Å². The van der Waals surface area contributed by atoms with Crippen LogP contribution in [0.5, 0.6) is 0 Å². The lowest BCUT2D eigenvalue weighted by Crippen LogP contribution is -2.33. The summed E-state index contributed by atoms with van der Waals surface area (Å²) in [6.45, 7) is -0.356. The van der Waals surface area contributed by atoms with Gasteiger partial charge in [-0.25, -0.2) is 9.29 Å². The summed E-state index contributed by atoms with van der Waals surface area (Å²) in [7, 11) is 0. The third-order valence-corrected chi connectivity index (χ3v) is 10.6. The summed E-state index contributed by atoms with van der Waals surface area (Å²) in [5.41, 5.74) is 1.23. The number of nitrogens with one attached hydrogen (secondary N) is 1. The van der Waals surface area contributed by atoms with Gasteiger partial charge in [0.2, 0.25) is 17.7 Å². The number of anilines is 2. The van der Waals surface area contributed by atoms with Crippen LogP contribution in [0.3, 0.4) is 0 Å². The molecule has 0 spiro atoms. The highest BCUT2D eigenvalue weighted by Gasteiger charge is 2.57. The maximum atomic E-state index is 13.9. The lowest BCUT2D eigenvalue weighted by atomic mass is 9.83. The average molecular weight is 649 g/mol. The van der Waals surface area contributed by atoms with E-state index in [4.69, 9.17) is 34.8 Å². The van der Waals surface area contributed by atoms with E-state index in [9.17, 15) is 23.6 Å². The second kappa shape index (κ2) is 10.9. The molecule has 0 saturated carbocycles. The number of halogens is 4. The maximum Gasteiger partial charge on any atom is 0.308 e. The SMILES string of the molecule is O=C(Cn1c2c(sc1=O)[C@@H](c1cccc(Cl)c1Cl)[C@@H]1C(=O)N(c3ccc(Cl)cc3)C(=O)[C@@H]1S2)Nc1ccc(F)cc1. The first-order valence-electron chi connectivity index (χ1n) is 12.2. The average Bonchev–Trinajstić information content (AvgIpc) is 3.38. The number of fused-ring (bicyclic) bond motifs is 2. The monoisotopic (exact) mass is 647 g/mol. The number of aromatic nitrogens is 1. The van der Waals surface area contributed by atoms with Gasteiger partial charge >= 0.3 is 4.87 Å². The van der Waals surface area contributed by atoms with Crippen molar-refractivity contribution in [1.82, 2.24) is 4.57 Å². The van der Waals surface area contributed by atoms with Gasteiger partial charge in [-0.3, -0.25) is 23.7 Å². The van der Waals surface area contributed by atoms with Crippen molar-refractivity contribution in [3.8, 4) is 0 Å². The van der Waals surface area contributed by atoms with Gasteiger partial charge in [0, 0.05) is 21.5 Å². The quantitative estimate of drug-likeness (QED) is 0.252. The van der Waals surface area contributed by atoms with E-state index in [-0.39, 0.29) is 16.6 Å². The Balaban J connectivity index is 1.43. The van der Waals surface area contributed by atoms with Gasteiger partial charge in [-0.2, -0.15) is 0 Å². The fraction of sp³-hybridized carbons (Fsp3) is 0.143. The minimum atomic E-state index is -0.897. The third kappa shape index (κ3) is 4.97. The van der Waals surface area contributed by atoms with Gasteiger partial charge in [0.05, 0.1) is 26.7 Å². The Morgan fingerprint density at radius 2 is 1.63 bits per heavy atom. The van der Waals surface area contributed by atoms with Gasteiger partial charge in [0.15, 0.2) is 0 Å². The molecule has 208 valence electrons. The van der Waals surface area contributed by atoms with Gasteiger partial charge in [0.25, 0.3) is 0 Å². The predicted molar refractivity (Wildman–Crippen MR) is 159 cm³/mol. The molecule has 1 saturated heterocycles. The minimum absolute atomic E-state index is 0.211. The van der Waals surface area contributed by atoms with Crippen molar-refractivity contribution in [1.29, 1.82) is 0 Å². The molecule has 0 radical (unpaired) electrons. The van der Waals surface area contributed by atoms with E-state index in [1.54, 1.807) is 42.5 Å². The fourth-order valence-corrected chi connectivity index (χ4v) is 8.39. The summed E-state index contributed by atoms with van der Waals surface area (Å²) < 4.78 is 14.6. The van der Waals surface area contributed by atoms with E-state index in [2.05, 4.69) is 5.32 Å². The molecular formula is C28H17Cl3FN3O4S2. The van der Waals surface area contributed by atoms with Crippen LogP contribution in [0, 0.1) is 11.7 Å². The lowest BCUT2D eigenvalue weighted by molar-refractivity contribution is -0.122. The minimum Gasteiger partial charge on any atom is -0.325 e. The smallest absolute Gasteiger partial charge is 0.308 e. The zero-order valence-electron chi connectivity index (χ0n) is 20.6. The normalized spacial score (nSPS) is 19.7. The molecule has 3 amide bonds. The van der Waals surface area contributed by atoms with Crippen molar-refractivity contribution in [3.63, 3.8) is 0 Å². The second-order valence-electron chi connectivity index (χ2n) is 9.35. The number of hydrogen-bond acceptors (Lipinski definition) is 6. The molecule has 0 unspecified atom stereocenters. The molecule has 13 heteroatoms. The van der Waals surface area contributed by atoms with Crippen LogP contribution in [-0.2, 0) is 20.9 Å². The molecule has 1 fully saturated rings. The predicted octanol–water partition coefficient (Wildman–Crippen LogP) is 6.44. The molecule has 4 aromatic rings. The van der Waals surface area contributed by atoms with Crippen LogP contribution < -0.4 is 15.1 Å². The molecule has 0 bridgehead atoms. The highest BCUT2D eigenvalue weighted by molar-refractivity contribution is 8.00. The van der Waals surface area contributed by atoms with Crippen LogP contribution in [0.15, 0.2) is 76.6 Å². The van der Waals surface area contributed by atoms with Gasteiger partial charge in [-0.1, -0.05) is 70.0 Å². The Morgan fingerprint density at radius 3 is 2.34 bits per heavy atom. The molecule has 2 aliphatic rings. The summed E-state index contributed by atoms with van der Waals surface area (Å²) in [5, 5.41) is 3.07. The zero-order chi connectivity index (χ0) is 29.0. The first kappa shape index (κ1) is 28.0. The number of thiazole rings is 1. The number of carbonyl (C=O) groups excluding carboxylic acids is 3. The molecule has 1 N–H and O–H groups in total. The summed E-state index contributed by atoms with van der Waals surface area (Å²) in [4.78, 5) is 55.1. The van der Waals surface area contributed by atoms with Crippen LogP contribution in [-0.4, -0.2) is 27.5 Å². The summed E-state index contributed by atoms with van der Waals surface area (Å²) in [6, 6.07) is 16.6. The Kier molecular flexibility index (Phi) is 7.46. The van der Waals surface area contributed by atoms with E-state index >= 15 is 0 Å².